The number of benzene rings is 1. The molecule has 0 saturated carbocycles. The SMILES string of the molecule is COc1cc(F)c2ncc(Cl)c(CCN3CCC(NCc4cc5c(cn4)OCCO5)CC3)c2c1. The van der Waals surface area contributed by atoms with E-state index in [0.717, 1.165) is 55.9 Å². The minimum Gasteiger partial charge on any atom is -0.497 e. The highest BCUT2D eigenvalue weighted by Crippen LogP contribution is 2.31. The van der Waals surface area contributed by atoms with Crippen LogP contribution in [0, 0.1) is 5.82 Å². The quantitative estimate of drug-likeness (QED) is 0.541. The zero-order valence-corrected chi connectivity index (χ0v) is 19.9. The van der Waals surface area contributed by atoms with Crippen LogP contribution < -0.4 is 19.5 Å². The maximum atomic E-state index is 14.4. The van der Waals surface area contributed by atoms with Crippen molar-refractivity contribution in [3.8, 4) is 17.2 Å². The topological polar surface area (TPSA) is 68.7 Å². The fraction of sp³-hybridized carbons (Fsp3) is 0.440. The number of likely N-dealkylation sites (tertiary alicyclic amines) is 1. The molecule has 0 radical (unpaired) electrons. The van der Waals surface area contributed by atoms with Crippen molar-refractivity contribution in [3.63, 3.8) is 0 Å². The molecule has 5 rings (SSSR count). The van der Waals surface area contributed by atoms with Gasteiger partial charge in [-0.25, -0.2) is 4.39 Å². The highest BCUT2D eigenvalue weighted by Gasteiger charge is 2.21. The molecule has 4 heterocycles. The molecule has 9 heteroatoms. The van der Waals surface area contributed by atoms with Crippen LogP contribution in [0.15, 0.2) is 30.6 Å². The monoisotopic (exact) mass is 486 g/mol. The molecule has 1 N–H and O–H groups in total. The summed E-state index contributed by atoms with van der Waals surface area (Å²) in [7, 11) is 1.53. The summed E-state index contributed by atoms with van der Waals surface area (Å²) in [5.74, 6) is 1.56. The van der Waals surface area contributed by atoms with E-state index in [1.54, 1.807) is 6.20 Å². The highest BCUT2D eigenvalue weighted by molar-refractivity contribution is 6.32. The standard InChI is InChI=1S/C25H28ClFN4O3/c1-32-18-11-20-19(21(26)14-30-25(20)22(27)12-18)4-7-31-5-2-16(3-6-31)28-13-17-10-23-24(15-29-17)34-9-8-33-23/h10-12,14-16,28H,2-9,13H2,1H3. The van der Waals surface area contributed by atoms with Crippen LogP contribution in [0.5, 0.6) is 17.2 Å². The van der Waals surface area contributed by atoms with Gasteiger partial charge in [-0.2, -0.15) is 0 Å². The normalized spacial score (nSPS) is 16.7. The van der Waals surface area contributed by atoms with Crippen molar-refractivity contribution in [2.75, 3.05) is 40.0 Å². The fourth-order valence-electron chi connectivity index (χ4n) is 4.60. The Labute approximate surface area is 203 Å². The Morgan fingerprint density at radius 2 is 1.91 bits per heavy atom. The van der Waals surface area contributed by atoms with Gasteiger partial charge in [0.15, 0.2) is 17.3 Å². The number of nitrogens with one attached hydrogen (secondary N) is 1. The molecule has 180 valence electrons. The maximum Gasteiger partial charge on any atom is 0.179 e. The van der Waals surface area contributed by atoms with Gasteiger partial charge in [-0.1, -0.05) is 11.6 Å². The summed E-state index contributed by atoms with van der Waals surface area (Å²) in [5.41, 5.74) is 2.19. The molecule has 34 heavy (non-hydrogen) atoms. The van der Waals surface area contributed by atoms with Gasteiger partial charge in [0.25, 0.3) is 0 Å². The molecule has 1 saturated heterocycles. The fourth-order valence-corrected chi connectivity index (χ4v) is 4.85. The number of hydrogen-bond acceptors (Lipinski definition) is 7. The summed E-state index contributed by atoms with van der Waals surface area (Å²) in [6.45, 7) is 4.68. The average Bonchev–Trinajstić information content (AvgIpc) is 2.87. The largest absolute Gasteiger partial charge is 0.497 e. The zero-order valence-electron chi connectivity index (χ0n) is 19.2. The lowest BCUT2D eigenvalue weighted by Gasteiger charge is -2.32. The van der Waals surface area contributed by atoms with Crippen molar-refractivity contribution in [2.45, 2.75) is 31.8 Å². The van der Waals surface area contributed by atoms with Crippen LogP contribution in [0.3, 0.4) is 0 Å². The summed E-state index contributed by atoms with van der Waals surface area (Å²) >= 11 is 6.46. The van der Waals surface area contributed by atoms with Gasteiger partial charge < -0.3 is 24.4 Å². The van der Waals surface area contributed by atoms with Crippen molar-refractivity contribution < 1.29 is 18.6 Å². The first-order valence-electron chi connectivity index (χ1n) is 11.6. The van der Waals surface area contributed by atoms with E-state index in [1.165, 1.54) is 19.4 Å². The Morgan fingerprint density at radius 3 is 2.71 bits per heavy atom. The van der Waals surface area contributed by atoms with Gasteiger partial charge in [0.1, 0.15) is 24.5 Å². The second-order valence-electron chi connectivity index (χ2n) is 8.66. The maximum absolute atomic E-state index is 14.4. The average molecular weight is 487 g/mol. The molecule has 2 aromatic heterocycles. The third kappa shape index (κ3) is 5.04. The van der Waals surface area contributed by atoms with E-state index in [1.807, 2.05) is 12.1 Å². The number of piperidine rings is 1. The number of ether oxygens (including phenoxy) is 3. The third-order valence-electron chi connectivity index (χ3n) is 6.52. The minimum atomic E-state index is -0.397. The minimum absolute atomic E-state index is 0.329. The van der Waals surface area contributed by atoms with Gasteiger partial charge in [-0.3, -0.25) is 9.97 Å². The lowest BCUT2D eigenvalue weighted by molar-refractivity contribution is 0.170. The summed E-state index contributed by atoms with van der Waals surface area (Å²) in [6.07, 6.45) is 6.11. The van der Waals surface area contributed by atoms with E-state index in [4.69, 9.17) is 25.8 Å². The number of hydrogen-bond donors (Lipinski definition) is 1. The first-order valence-corrected chi connectivity index (χ1v) is 12.0. The van der Waals surface area contributed by atoms with Crippen LogP contribution >= 0.6 is 11.6 Å². The predicted molar refractivity (Wildman–Crippen MR) is 128 cm³/mol. The van der Waals surface area contributed by atoms with E-state index in [0.29, 0.717) is 53.2 Å². The molecular formula is C25H28ClFN4O3. The second-order valence-corrected chi connectivity index (χ2v) is 9.06. The molecule has 7 nitrogen and oxygen atoms in total. The predicted octanol–water partition coefficient (Wildman–Crippen LogP) is 4.00. The first kappa shape index (κ1) is 23.1. The molecule has 1 fully saturated rings. The van der Waals surface area contributed by atoms with Gasteiger partial charge in [0.05, 0.1) is 24.0 Å². The van der Waals surface area contributed by atoms with E-state index >= 15 is 0 Å². The van der Waals surface area contributed by atoms with Gasteiger partial charge in [-0.15, -0.1) is 0 Å². The second kappa shape index (κ2) is 10.3. The molecular weight excluding hydrogens is 459 g/mol. The molecule has 0 aliphatic carbocycles. The number of fused-ring (bicyclic) bond motifs is 2. The lowest BCUT2D eigenvalue weighted by Crippen LogP contribution is -2.43. The number of pyridine rings is 2. The summed E-state index contributed by atoms with van der Waals surface area (Å²) in [5, 5.41) is 4.90. The molecule has 3 aromatic rings. The smallest absolute Gasteiger partial charge is 0.179 e. The molecule has 2 aliphatic rings. The number of rotatable bonds is 7. The number of halogens is 2. The molecule has 0 bridgehead atoms. The summed E-state index contributed by atoms with van der Waals surface area (Å²) in [4.78, 5) is 11.1. The van der Waals surface area contributed by atoms with Crippen LogP contribution in [0.4, 0.5) is 4.39 Å². The van der Waals surface area contributed by atoms with E-state index < -0.39 is 5.82 Å². The zero-order chi connectivity index (χ0) is 23.5. The van der Waals surface area contributed by atoms with Gasteiger partial charge >= 0.3 is 0 Å². The molecule has 0 unspecified atom stereocenters. The Kier molecular flexibility index (Phi) is 6.99. The molecule has 0 atom stereocenters. The lowest BCUT2D eigenvalue weighted by atomic mass is 10.0. The third-order valence-corrected chi connectivity index (χ3v) is 6.84. The van der Waals surface area contributed by atoms with Crippen LogP contribution in [-0.2, 0) is 13.0 Å². The number of methoxy groups -OCH3 is 1. The van der Waals surface area contributed by atoms with Crippen molar-refractivity contribution >= 4 is 22.5 Å². The first-order chi connectivity index (χ1) is 16.6. The van der Waals surface area contributed by atoms with Gasteiger partial charge in [-0.05, 0) is 44.0 Å². The summed E-state index contributed by atoms with van der Waals surface area (Å²) < 4.78 is 30.9. The van der Waals surface area contributed by atoms with Crippen molar-refractivity contribution in [1.29, 1.82) is 0 Å². The summed E-state index contributed by atoms with van der Waals surface area (Å²) in [6, 6.07) is 5.56. The Bertz CT molecular complexity index is 1170. The van der Waals surface area contributed by atoms with E-state index in [-0.39, 0.29) is 0 Å². The highest BCUT2D eigenvalue weighted by atomic mass is 35.5. The Balaban J connectivity index is 1.15. The van der Waals surface area contributed by atoms with Crippen LogP contribution in [0.2, 0.25) is 5.02 Å². The Hall–Kier alpha value is -2.68. The van der Waals surface area contributed by atoms with Crippen molar-refractivity contribution in [1.82, 2.24) is 20.2 Å². The molecule has 0 spiro atoms. The Morgan fingerprint density at radius 1 is 1.12 bits per heavy atom. The van der Waals surface area contributed by atoms with Crippen molar-refractivity contribution in [2.24, 2.45) is 0 Å². The van der Waals surface area contributed by atoms with E-state index in [9.17, 15) is 4.39 Å². The van der Waals surface area contributed by atoms with Gasteiger partial charge in [0, 0.05) is 42.8 Å². The van der Waals surface area contributed by atoms with Crippen LogP contribution in [-0.4, -0.2) is 60.9 Å². The van der Waals surface area contributed by atoms with Crippen LogP contribution in [0.1, 0.15) is 24.1 Å². The van der Waals surface area contributed by atoms with Crippen molar-refractivity contribution in [3.05, 3.63) is 52.7 Å². The van der Waals surface area contributed by atoms with E-state index in [2.05, 4.69) is 20.2 Å². The number of nitrogens with zero attached hydrogens (tertiary/aromatic N) is 3. The van der Waals surface area contributed by atoms with Crippen LogP contribution in [0.25, 0.3) is 10.9 Å². The molecule has 1 aromatic carbocycles. The number of aromatic nitrogens is 2. The van der Waals surface area contributed by atoms with Gasteiger partial charge in [0.2, 0.25) is 0 Å². The molecule has 0 amide bonds. The molecule has 2 aliphatic heterocycles.